The Kier molecular flexibility index (Phi) is 7.26. The molecule has 31 heavy (non-hydrogen) atoms. The Bertz CT molecular complexity index is 911. The standard InChI is InChI=1S/C24H35N3O4/c1-24(2,16-26(3)4)15-25-23(29)17-8-10-27(11-9-17)22(28)12-18-14-31-21-13-19(30-5)6-7-20(18)21/h6-7,13-14,17H,8-12,15-16H2,1-5H3,(H,25,29). The topological polar surface area (TPSA) is 75.0 Å². The molecule has 1 aromatic heterocycles. The number of ether oxygens (including phenoxy) is 1. The van der Waals surface area contributed by atoms with Crippen LogP contribution in [0.15, 0.2) is 28.9 Å². The highest BCUT2D eigenvalue weighted by Gasteiger charge is 2.29. The van der Waals surface area contributed by atoms with Gasteiger partial charge in [0.05, 0.1) is 19.8 Å². The van der Waals surface area contributed by atoms with Crippen LogP contribution < -0.4 is 10.1 Å². The summed E-state index contributed by atoms with van der Waals surface area (Å²) in [6.45, 7) is 7.11. The zero-order chi connectivity index (χ0) is 22.6. The molecule has 1 aromatic carbocycles. The van der Waals surface area contributed by atoms with E-state index in [1.807, 2.05) is 37.2 Å². The van der Waals surface area contributed by atoms with E-state index in [-0.39, 0.29) is 23.1 Å². The number of benzene rings is 1. The SMILES string of the molecule is COc1ccc2c(CC(=O)N3CCC(C(=O)NCC(C)(C)CN(C)C)CC3)coc2c1. The average molecular weight is 430 g/mol. The van der Waals surface area contributed by atoms with Crippen molar-refractivity contribution in [2.45, 2.75) is 33.1 Å². The van der Waals surface area contributed by atoms with Crippen molar-refractivity contribution in [1.82, 2.24) is 15.1 Å². The third kappa shape index (κ3) is 6.00. The minimum absolute atomic E-state index is 0.0210. The molecule has 2 aromatic rings. The van der Waals surface area contributed by atoms with Gasteiger partial charge >= 0.3 is 0 Å². The van der Waals surface area contributed by atoms with E-state index in [1.165, 1.54) is 0 Å². The van der Waals surface area contributed by atoms with E-state index in [4.69, 9.17) is 9.15 Å². The maximum atomic E-state index is 12.8. The molecule has 0 bridgehead atoms. The number of amides is 2. The second-order valence-corrected chi connectivity index (χ2v) is 9.57. The predicted molar refractivity (Wildman–Crippen MR) is 121 cm³/mol. The Hall–Kier alpha value is -2.54. The van der Waals surface area contributed by atoms with E-state index >= 15 is 0 Å². The van der Waals surface area contributed by atoms with Crippen LogP contribution in [0.25, 0.3) is 11.0 Å². The molecule has 0 radical (unpaired) electrons. The van der Waals surface area contributed by atoms with Crippen molar-refractivity contribution in [2.24, 2.45) is 11.3 Å². The molecule has 1 saturated heterocycles. The number of nitrogens with one attached hydrogen (secondary N) is 1. The van der Waals surface area contributed by atoms with E-state index in [0.29, 0.717) is 38.9 Å². The second kappa shape index (κ2) is 9.73. The van der Waals surface area contributed by atoms with Gasteiger partial charge in [-0.05, 0) is 44.5 Å². The molecule has 2 heterocycles. The smallest absolute Gasteiger partial charge is 0.227 e. The summed E-state index contributed by atoms with van der Waals surface area (Å²) in [5.74, 6) is 0.879. The van der Waals surface area contributed by atoms with Crippen molar-refractivity contribution in [3.05, 3.63) is 30.0 Å². The number of likely N-dealkylation sites (tertiary alicyclic amines) is 1. The molecule has 7 heteroatoms. The van der Waals surface area contributed by atoms with Gasteiger partial charge in [-0.1, -0.05) is 13.8 Å². The fourth-order valence-corrected chi connectivity index (χ4v) is 4.38. The van der Waals surface area contributed by atoms with Crippen molar-refractivity contribution in [3.63, 3.8) is 0 Å². The van der Waals surface area contributed by atoms with Crippen molar-refractivity contribution in [3.8, 4) is 5.75 Å². The number of carbonyl (C=O) groups is 2. The molecule has 1 N–H and O–H groups in total. The van der Waals surface area contributed by atoms with E-state index in [0.717, 1.165) is 28.8 Å². The molecule has 0 atom stereocenters. The average Bonchev–Trinajstić information content (AvgIpc) is 3.13. The third-order valence-corrected chi connectivity index (χ3v) is 5.91. The molecule has 3 rings (SSSR count). The van der Waals surface area contributed by atoms with Gasteiger partial charge in [-0.15, -0.1) is 0 Å². The minimum atomic E-state index is -0.0265. The first-order valence-electron chi connectivity index (χ1n) is 10.9. The van der Waals surface area contributed by atoms with Crippen molar-refractivity contribution >= 4 is 22.8 Å². The van der Waals surface area contributed by atoms with Crippen molar-refractivity contribution < 1.29 is 18.7 Å². The lowest BCUT2D eigenvalue weighted by atomic mass is 9.91. The molecular weight excluding hydrogens is 394 g/mol. The molecule has 170 valence electrons. The van der Waals surface area contributed by atoms with Crippen LogP contribution in [-0.4, -0.2) is 69.0 Å². The number of carbonyl (C=O) groups excluding carboxylic acids is 2. The Morgan fingerprint density at radius 3 is 2.61 bits per heavy atom. The second-order valence-electron chi connectivity index (χ2n) is 9.57. The molecule has 0 saturated carbocycles. The number of hydrogen-bond acceptors (Lipinski definition) is 5. The van der Waals surface area contributed by atoms with Gasteiger partial charge in [-0.25, -0.2) is 0 Å². The molecule has 0 spiro atoms. The first-order valence-corrected chi connectivity index (χ1v) is 10.9. The molecule has 0 unspecified atom stereocenters. The first kappa shape index (κ1) is 23.1. The van der Waals surface area contributed by atoms with Gasteiger partial charge < -0.3 is 24.3 Å². The summed E-state index contributed by atoms with van der Waals surface area (Å²) < 4.78 is 10.8. The quantitative estimate of drug-likeness (QED) is 0.698. The number of furan rings is 1. The van der Waals surface area contributed by atoms with E-state index in [9.17, 15) is 9.59 Å². The predicted octanol–water partition coefficient (Wildman–Crippen LogP) is 2.93. The monoisotopic (exact) mass is 429 g/mol. The van der Waals surface area contributed by atoms with Crippen LogP contribution in [0.2, 0.25) is 0 Å². The van der Waals surface area contributed by atoms with Crippen LogP contribution in [-0.2, 0) is 16.0 Å². The van der Waals surface area contributed by atoms with Gasteiger partial charge in [-0.3, -0.25) is 9.59 Å². The van der Waals surface area contributed by atoms with Crippen LogP contribution in [0.5, 0.6) is 5.75 Å². The molecule has 7 nitrogen and oxygen atoms in total. The van der Waals surface area contributed by atoms with Gasteiger partial charge in [0.1, 0.15) is 11.3 Å². The lowest BCUT2D eigenvalue weighted by molar-refractivity contribution is -0.135. The largest absolute Gasteiger partial charge is 0.497 e. The molecule has 1 fully saturated rings. The number of piperidine rings is 1. The maximum absolute atomic E-state index is 12.8. The Morgan fingerprint density at radius 1 is 1.26 bits per heavy atom. The number of nitrogens with zero attached hydrogens (tertiary/aromatic N) is 2. The highest BCUT2D eigenvalue weighted by molar-refractivity contribution is 5.88. The highest BCUT2D eigenvalue weighted by Crippen LogP contribution is 2.27. The van der Waals surface area contributed by atoms with Crippen molar-refractivity contribution in [2.75, 3.05) is 47.4 Å². The van der Waals surface area contributed by atoms with E-state index < -0.39 is 0 Å². The number of rotatable bonds is 8. The molecule has 2 amide bonds. The first-order chi connectivity index (χ1) is 14.7. The molecular formula is C24H35N3O4. The fourth-order valence-electron chi connectivity index (χ4n) is 4.38. The summed E-state index contributed by atoms with van der Waals surface area (Å²) in [5.41, 5.74) is 1.62. The van der Waals surface area contributed by atoms with Gasteiger partial charge in [0.15, 0.2) is 0 Å². The van der Waals surface area contributed by atoms with Crippen LogP contribution in [0, 0.1) is 11.3 Å². The van der Waals surface area contributed by atoms with Crippen LogP contribution in [0.3, 0.4) is 0 Å². The van der Waals surface area contributed by atoms with E-state index in [2.05, 4.69) is 24.1 Å². The highest BCUT2D eigenvalue weighted by atomic mass is 16.5. The summed E-state index contributed by atoms with van der Waals surface area (Å²) >= 11 is 0. The summed E-state index contributed by atoms with van der Waals surface area (Å²) in [6, 6.07) is 5.62. The Labute approximate surface area is 184 Å². The summed E-state index contributed by atoms with van der Waals surface area (Å²) in [5, 5.41) is 4.05. The van der Waals surface area contributed by atoms with Crippen molar-refractivity contribution in [1.29, 1.82) is 0 Å². The number of methoxy groups -OCH3 is 1. The summed E-state index contributed by atoms with van der Waals surface area (Å²) in [6.07, 6.45) is 3.36. The van der Waals surface area contributed by atoms with Crippen LogP contribution >= 0.6 is 0 Å². The van der Waals surface area contributed by atoms with Crippen LogP contribution in [0.1, 0.15) is 32.3 Å². The van der Waals surface area contributed by atoms with Gasteiger partial charge in [0, 0.05) is 49.1 Å². The summed E-state index contributed by atoms with van der Waals surface area (Å²) in [7, 11) is 5.70. The lowest BCUT2D eigenvalue weighted by Crippen LogP contribution is -2.46. The lowest BCUT2D eigenvalue weighted by Gasteiger charge is -2.33. The molecule has 1 aliphatic rings. The summed E-state index contributed by atoms with van der Waals surface area (Å²) in [4.78, 5) is 29.4. The Balaban J connectivity index is 1.49. The van der Waals surface area contributed by atoms with Gasteiger partial charge in [-0.2, -0.15) is 0 Å². The zero-order valence-electron chi connectivity index (χ0n) is 19.4. The number of fused-ring (bicyclic) bond motifs is 1. The minimum Gasteiger partial charge on any atom is -0.497 e. The Morgan fingerprint density at radius 2 is 1.97 bits per heavy atom. The molecule has 1 aliphatic heterocycles. The van der Waals surface area contributed by atoms with Gasteiger partial charge in [0.25, 0.3) is 0 Å². The van der Waals surface area contributed by atoms with E-state index in [1.54, 1.807) is 13.4 Å². The third-order valence-electron chi connectivity index (χ3n) is 5.91. The van der Waals surface area contributed by atoms with Gasteiger partial charge in [0.2, 0.25) is 11.8 Å². The maximum Gasteiger partial charge on any atom is 0.227 e. The molecule has 0 aliphatic carbocycles. The normalized spacial score (nSPS) is 15.5. The fraction of sp³-hybridized carbons (Fsp3) is 0.583. The zero-order valence-corrected chi connectivity index (χ0v) is 19.4. The number of hydrogen-bond donors (Lipinski definition) is 1. The van der Waals surface area contributed by atoms with Crippen LogP contribution in [0.4, 0.5) is 0 Å².